The minimum absolute atomic E-state index is 0.0804. The number of carbonyl (C=O) groups excluding carboxylic acids is 1. The summed E-state index contributed by atoms with van der Waals surface area (Å²) in [5.74, 6) is -0.00328. The van der Waals surface area contributed by atoms with E-state index in [0.717, 1.165) is 13.1 Å². The van der Waals surface area contributed by atoms with E-state index in [9.17, 15) is 9.90 Å². The summed E-state index contributed by atoms with van der Waals surface area (Å²) in [5, 5.41) is 12.9. The Labute approximate surface area is 104 Å². The summed E-state index contributed by atoms with van der Waals surface area (Å²) in [4.78, 5) is 18.2. The van der Waals surface area contributed by atoms with Crippen LogP contribution in [0.15, 0.2) is 24.5 Å². The number of fused-ring (bicyclic) bond motifs is 1. The second-order valence-corrected chi connectivity index (χ2v) is 4.29. The van der Waals surface area contributed by atoms with Crippen LogP contribution in [0.3, 0.4) is 0 Å². The van der Waals surface area contributed by atoms with Gasteiger partial charge in [-0.1, -0.05) is 0 Å². The van der Waals surface area contributed by atoms with Crippen molar-refractivity contribution in [2.75, 3.05) is 26.2 Å². The number of imidazole rings is 1. The van der Waals surface area contributed by atoms with Gasteiger partial charge in [-0.15, -0.1) is 0 Å². The van der Waals surface area contributed by atoms with Crippen molar-refractivity contribution in [3.63, 3.8) is 0 Å². The van der Waals surface area contributed by atoms with Crippen molar-refractivity contribution in [1.29, 1.82) is 0 Å². The largest absolute Gasteiger partial charge is 0.504 e. The second-order valence-electron chi connectivity index (χ2n) is 4.29. The Hall–Kier alpha value is -2.08. The average molecular weight is 246 g/mol. The number of amides is 1. The van der Waals surface area contributed by atoms with Crippen molar-refractivity contribution in [3.05, 3.63) is 30.2 Å². The minimum Gasteiger partial charge on any atom is -0.504 e. The van der Waals surface area contributed by atoms with E-state index in [1.807, 2.05) is 0 Å². The normalized spacial score (nSPS) is 16.1. The number of hydrogen-bond acceptors (Lipinski definition) is 4. The van der Waals surface area contributed by atoms with Gasteiger partial charge in [-0.25, -0.2) is 4.98 Å². The van der Waals surface area contributed by atoms with Crippen LogP contribution in [0.4, 0.5) is 0 Å². The van der Waals surface area contributed by atoms with E-state index in [2.05, 4.69) is 10.3 Å². The predicted molar refractivity (Wildman–Crippen MR) is 65.6 cm³/mol. The maximum absolute atomic E-state index is 12.2. The first-order chi connectivity index (χ1) is 8.75. The lowest BCUT2D eigenvalue weighted by Gasteiger charge is -2.26. The Morgan fingerprint density at radius 1 is 1.39 bits per heavy atom. The van der Waals surface area contributed by atoms with Gasteiger partial charge < -0.3 is 19.7 Å². The lowest BCUT2D eigenvalue weighted by molar-refractivity contribution is 0.0730. The van der Waals surface area contributed by atoms with Gasteiger partial charge in [0, 0.05) is 38.6 Å². The highest BCUT2D eigenvalue weighted by molar-refractivity contribution is 5.93. The van der Waals surface area contributed by atoms with Crippen LogP contribution in [0.1, 0.15) is 10.5 Å². The molecule has 3 rings (SSSR count). The maximum Gasteiger partial charge on any atom is 0.274 e. The number of hydrogen-bond donors (Lipinski definition) is 2. The quantitative estimate of drug-likeness (QED) is 0.748. The van der Waals surface area contributed by atoms with Crippen LogP contribution in [0.2, 0.25) is 0 Å². The Balaban J connectivity index is 1.94. The van der Waals surface area contributed by atoms with Gasteiger partial charge in [0.1, 0.15) is 5.69 Å². The maximum atomic E-state index is 12.2. The highest BCUT2D eigenvalue weighted by Gasteiger charge is 2.20. The molecule has 2 aromatic rings. The molecule has 1 amide bonds. The van der Waals surface area contributed by atoms with E-state index < -0.39 is 0 Å². The summed E-state index contributed by atoms with van der Waals surface area (Å²) < 4.78 is 1.66. The zero-order chi connectivity index (χ0) is 12.5. The molecule has 6 nitrogen and oxygen atoms in total. The molecule has 1 aliphatic heterocycles. The molecule has 3 heterocycles. The SMILES string of the molecule is O=C(c1cn2cccc(O)c2n1)N1CCNCC1. The molecule has 0 saturated carbocycles. The number of aromatic nitrogens is 2. The fraction of sp³-hybridized carbons (Fsp3) is 0.333. The molecule has 0 aromatic carbocycles. The highest BCUT2D eigenvalue weighted by atomic mass is 16.3. The van der Waals surface area contributed by atoms with Crippen molar-refractivity contribution < 1.29 is 9.90 Å². The first kappa shape index (κ1) is 11.0. The van der Waals surface area contributed by atoms with Gasteiger partial charge in [-0.05, 0) is 12.1 Å². The summed E-state index contributed by atoms with van der Waals surface area (Å²) in [6, 6.07) is 3.27. The molecular formula is C12H14N4O2. The third-order valence-corrected chi connectivity index (χ3v) is 3.09. The van der Waals surface area contributed by atoms with Gasteiger partial charge in [0.2, 0.25) is 0 Å². The van der Waals surface area contributed by atoms with E-state index in [0.29, 0.717) is 24.4 Å². The summed E-state index contributed by atoms with van der Waals surface area (Å²) >= 11 is 0. The molecule has 0 unspecified atom stereocenters. The Morgan fingerprint density at radius 2 is 2.17 bits per heavy atom. The van der Waals surface area contributed by atoms with Gasteiger partial charge in [0.25, 0.3) is 5.91 Å². The minimum atomic E-state index is -0.0837. The third-order valence-electron chi connectivity index (χ3n) is 3.09. The monoisotopic (exact) mass is 246 g/mol. The molecule has 0 spiro atoms. The van der Waals surface area contributed by atoms with Crippen LogP contribution >= 0.6 is 0 Å². The van der Waals surface area contributed by atoms with Crippen LogP contribution in [0.25, 0.3) is 5.65 Å². The molecule has 0 bridgehead atoms. The molecule has 0 radical (unpaired) electrons. The van der Waals surface area contributed by atoms with Crippen LogP contribution in [-0.2, 0) is 0 Å². The van der Waals surface area contributed by atoms with Crippen LogP contribution in [0, 0.1) is 0 Å². The van der Waals surface area contributed by atoms with E-state index in [4.69, 9.17) is 0 Å². The Kier molecular flexibility index (Phi) is 2.64. The molecule has 94 valence electrons. The van der Waals surface area contributed by atoms with E-state index in [1.54, 1.807) is 33.8 Å². The number of piperazine rings is 1. The fourth-order valence-corrected chi connectivity index (χ4v) is 2.13. The van der Waals surface area contributed by atoms with Crippen LogP contribution in [-0.4, -0.2) is 51.5 Å². The van der Waals surface area contributed by atoms with Gasteiger partial charge in [0.05, 0.1) is 0 Å². The first-order valence-electron chi connectivity index (χ1n) is 5.92. The van der Waals surface area contributed by atoms with E-state index in [1.165, 1.54) is 0 Å². The zero-order valence-corrected chi connectivity index (χ0v) is 9.83. The van der Waals surface area contributed by atoms with Crippen molar-refractivity contribution in [3.8, 4) is 5.75 Å². The number of aromatic hydroxyl groups is 1. The van der Waals surface area contributed by atoms with Crippen LogP contribution < -0.4 is 5.32 Å². The molecule has 18 heavy (non-hydrogen) atoms. The molecule has 0 aliphatic carbocycles. The highest BCUT2D eigenvalue weighted by Crippen LogP contribution is 2.17. The number of rotatable bonds is 1. The number of nitrogens with one attached hydrogen (secondary N) is 1. The molecule has 1 aliphatic rings. The summed E-state index contributed by atoms with van der Waals surface area (Å²) in [5.41, 5.74) is 0.786. The van der Waals surface area contributed by atoms with Crippen molar-refractivity contribution in [2.24, 2.45) is 0 Å². The first-order valence-corrected chi connectivity index (χ1v) is 5.92. The molecule has 0 atom stereocenters. The predicted octanol–water partition coefficient (Wildman–Crippen LogP) is 0.0853. The van der Waals surface area contributed by atoms with Gasteiger partial charge in [-0.2, -0.15) is 0 Å². The molecular weight excluding hydrogens is 232 g/mol. The average Bonchev–Trinajstić information content (AvgIpc) is 2.84. The lowest BCUT2D eigenvalue weighted by atomic mass is 10.3. The molecule has 1 fully saturated rings. The smallest absolute Gasteiger partial charge is 0.274 e. The van der Waals surface area contributed by atoms with E-state index in [-0.39, 0.29) is 11.7 Å². The summed E-state index contributed by atoms with van der Waals surface area (Å²) in [7, 11) is 0. The summed E-state index contributed by atoms with van der Waals surface area (Å²) in [6.45, 7) is 3.01. The zero-order valence-electron chi connectivity index (χ0n) is 9.83. The van der Waals surface area contributed by atoms with Crippen molar-refractivity contribution in [2.45, 2.75) is 0 Å². The molecule has 2 aromatic heterocycles. The van der Waals surface area contributed by atoms with Crippen molar-refractivity contribution in [1.82, 2.24) is 19.6 Å². The summed E-state index contributed by atoms with van der Waals surface area (Å²) in [6.07, 6.45) is 3.41. The second kappa shape index (κ2) is 4.30. The van der Waals surface area contributed by atoms with E-state index >= 15 is 0 Å². The molecule has 2 N–H and O–H groups in total. The van der Waals surface area contributed by atoms with Crippen molar-refractivity contribution >= 4 is 11.6 Å². The van der Waals surface area contributed by atoms with Gasteiger partial charge in [0.15, 0.2) is 11.4 Å². The molecule has 6 heteroatoms. The van der Waals surface area contributed by atoms with Gasteiger partial charge >= 0.3 is 0 Å². The number of nitrogens with zero attached hydrogens (tertiary/aromatic N) is 3. The number of carbonyl (C=O) groups is 1. The van der Waals surface area contributed by atoms with Gasteiger partial charge in [-0.3, -0.25) is 4.79 Å². The lowest BCUT2D eigenvalue weighted by Crippen LogP contribution is -2.46. The molecule has 1 saturated heterocycles. The number of pyridine rings is 1. The van der Waals surface area contributed by atoms with Crippen LogP contribution in [0.5, 0.6) is 5.75 Å². The topological polar surface area (TPSA) is 69.9 Å². The standard InChI is InChI=1S/C12H14N4O2/c17-10-2-1-5-16-8-9(14-11(10)16)12(18)15-6-3-13-4-7-15/h1-2,5,8,13,17H,3-4,6-7H2. The third kappa shape index (κ3) is 1.80. The fourth-order valence-electron chi connectivity index (χ4n) is 2.13. The Bertz CT molecular complexity index is 587. The Morgan fingerprint density at radius 3 is 2.89 bits per heavy atom.